The molecule has 0 saturated heterocycles. The number of Topliss-reactive ketones (excluding diaryl/α,β-unsaturated/α-hetero) is 1. The maximum absolute atomic E-state index is 11.6. The highest BCUT2D eigenvalue weighted by molar-refractivity contribution is 5.96. The average Bonchev–Trinajstić information content (AvgIpc) is 2.17. The molecule has 0 spiro atoms. The fraction of sp³-hybridized carbons (Fsp3) is 0.727. The number of hydrogen-bond acceptors (Lipinski definition) is 2. The number of aliphatic hydroxyl groups excluding tert-OH is 1. The molecule has 0 aromatic rings. The molecular formula is C11H20O2. The van der Waals surface area contributed by atoms with Gasteiger partial charge in [0, 0.05) is 11.5 Å². The van der Waals surface area contributed by atoms with Crippen molar-refractivity contribution >= 4 is 5.78 Å². The Morgan fingerprint density at radius 2 is 2.08 bits per heavy atom. The van der Waals surface area contributed by atoms with Crippen molar-refractivity contribution in [1.29, 1.82) is 0 Å². The molecule has 1 unspecified atom stereocenters. The van der Waals surface area contributed by atoms with Crippen LogP contribution >= 0.6 is 0 Å². The van der Waals surface area contributed by atoms with Crippen LogP contribution in [0.25, 0.3) is 0 Å². The average molecular weight is 184 g/mol. The van der Waals surface area contributed by atoms with Crippen molar-refractivity contribution in [3.8, 4) is 0 Å². The van der Waals surface area contributed by atoms with E-state index in [1.807, 2.05) is 6.92 Å². The van der Waals surface area contributed by atoms with E-state index < -0.39 is 0 Å². The van der Waals surface area contributed by atoms with E-state index in [2.05, 4.69) is 6.92 Å². The van der Waals surface area contributed by atoms with Crippen LogP contribution in [0.3, 0.4) is 0 Å². The lowest BCUT2D eigenvalue weighted by Crippen LogP contribution is -2.14. The number of allylic oxidation sites excluding steroid dienone is 1. The third-order valence-electron chi connectivity index (χ3n) is 2.35. The Bertz CT molecular complexity index is 183. The lowest BCUT2D eigenvalue weighted by atomic mass is 9.91. The van der Waals surface area contributed by atoms with Gasteiger partial charge in [-0.2, -0.15) is 0 Å². The fourth-order valence-electron chi connectivity index (χ4n) is 1.36. The van der Waals surface area contributed by atoms with E-state index in [-0.39, 0.29) is 11.7 Å². The van der Waals surface area contributed by atoms with E-state index in [4.69, 9.17) is 5.11 Å². The maximum atomic E-state index is 11.6. The molecule has 1 N–H and O–H groups in total. The molecule has 0 radical (unpaired) electrons. The summed E-state index contributed by atoms with van der Waals surface area (Å²) in [6.45, 7) is 5.80. The zero-order valence-corrected chi connectivity index (χ0v) is 8.84. The summed E-state index contributed by atoms with van der Waals surface area (Å²) < 4.78 is 0. The minimum absolute atomic E-state index is 0.0958. The molecule has 13 heavy (non-hydrogen) atoms. The van der Waals surface area contributed by atoms with Crippen LogP contribution in [0.4, 0.5) is 0 Å². The van der Waals surface area contributed by atoms with Crippen LogP contribution in [0.1, 0.15) is 46.5 Å². The molecule has 76 valence electrons. The van der Waals surface area contributed by atoms with Crippen LogP contribution in [-0.4, -0.2) is 10.9 Å². The Morgan fingerprint density at radius 1 is 1.46 bits per heavy atom. The summed E-state index contributed by atoms with van der Waals surface area (Å²) in [5, 5.41) is 8.69. The van der Waals surface area contributed by atoms with Crippen molar-refractivity contribution < 1.29 is 9.90 Å². The molecule has 0 heterocycles. The van der Waals surface area contributed by atoms with Crippen molar-refractivity contribution in [2.24, 2.45) is 5.92 Å². The van der Waals surface area contributed by atoms with Crippen molar-refractivity contribution in [2.75, 3.05) is 0 Å². The van der Waals surface area contributed by atoms with Crippen LogP contribution in [-0.2, 0) is 4.79 Å². The van der Waals surface area contributed by atoms with Gasteiger partial charge in [-0.25, -0.2) is 0 Å². The maximum Gasteiger partial charge on any atom is 0.164 e. The Kier molecular flexibility index (Phi) is 6.29. The molecule has 0 rings (SSSR count). The molecule has 0 aromatic carbocycles. The van der Waals surface area contributed by atoms with Gasteiger partial charge in [-0.1, -0.05) is 26.7 Å². The lowest BCUT2D eigenvalue weighted by molar-refractivity contribution is -0.119. The van der Waals surface area contributed by atoms with Crippen LogP contribution in [0.2, 0.25) is 0 Å². The van der Waals surface area contributed by atoms with Gasteiger partial charge in [-0.3, -0.25) is 4.79 Å². The first-order valence-electron chi connectivity index (χ1n) is 5.02. The van der Waals surface area contributed by atoms with Gasteiger partial charge in [-0.15, -0.1) is 0 Å². The standard InChI is InChI=1S/C11H20O2/c1-4-6-7-10(5-2)11(13)9(3)8-12/h8,10,12H,4-7H2,1-3H3/b9-8-. The Balaban J connectivity index is 4.15. The molecule has 0 bridgehead atoms. The van der Waals surface area contributed by atoms with E-state index in [9.17, 15) is 4.79 Å². The number of rotatable bonds is 6. The second kappa shape index (κ2) is 6.70. The van der Waals surface area contributed by atoms with E-state index in [1.54, 1.807) is 6.92 Å². The molecule has 0 fully saturated rings. The normalized spacial score (nSPS) is 14.2. The zero-order chi connectivity index (χ0) is 10.3. The Labute approximate surface area is 80.7 Å². The second-order valence-electron chi connectivity index (χ2n) is 3.42. The third-order valence-corrected chi connectivity index (χ3v) is 2.35. The molecule has 0 saturated carbocycles. The van der Waals surface area contributed by atoms with Gasteiger partial charge in [0.25, 0.3) is 0 Å². The van der Waals surface area contributed by atoms with Crippen molar-refractivity contribution in [3.63, 3.8) is 0 Å². The topological polar surface area (TPSA) is 37.3 Å². The number of carbonyl (C=O) groups excluding carboxylic acids is 1. The monoisotopic (exact) mass is 184 g/mol. The van der Waals surface area contributed by atoms with Gasteiger partial charge in [0.2, 0.25) is 0 Å². The predicted octanol–water partition coefficient (Wildman–Crippen LogP) is 3.23. The summed E-state index contributed by atoms with van der Waals surface area (Å²) in [5.41, 5.74) is 0.475. The first kappa shape index (κ1) is 12.2. The van der Waals surface area contributed by atoms with Crippen molar-refractivity contribution in [1.82, 2.24) is 0 Å². The summed E-state index contributed by atoms with van der Waals surface area (Å²) in [6.07, 6.45) is 4.92. The molecular weight excluding hydrogens is 164 g/mol. The zero-order valence-electron chi connectivity index (χ0n) is 8.84. The SMILES string of the molecule is CCCCC(CC)C(=O)/C(C)=C\O. The fourth-order valence-corrected chi connectivity index (χ4v) is 1.36. The second-order valence-corrected chi connectivity index (χ2v) is 3.42. The first-order chi connectivity index (χ1) is 6.17. The van der Waals surface area contributed by atoms with Crippen LogP contribution in [0, 0.1) is 5.92 Å². The predicted molar refractivity (Wildman–Crippen MR) is 54.7 cm³/mol. The minimum atomic E-state index is 0.0958. The Morgan fingerprint density at radius 3 is 2.46 bits per heavy atom. The van der Waals surface area contributed by atoms with E-state index in [0.29, 0.717) is 5.57 Å². The Hall–Kier alpha value is -0.790. The van der Waals surface area contributed by atoms with Gasteiger partial charge in [0.1, 0.15) is 0 Å². The largest absolute Gasteiger partial charge is 0.515 e. The number of hydrogen-bond donors (Lipinski definition) is 1. The molecule has 0 aliphatic rings. The highest BCUT2D eigenvalue weighted by atomic mass is 16.2. The molecule has 2 nitrogen and oxygen atoms in total. The summed E-state index contributed by atoms with van der Waals surface area (Å²) in [7, 11) is 0. The summed E-state index contributed by atoms with van der Waals surface area (Å²) in [6, 6.07) is 0. The van der Waals surface area contributed by atoms with Gasteiger partial charge < -0.3 is 5.11 Å². The van der Waals surface area contributed by atoms with E-state index in [0.717, 1.165) is 31.9 Å². The molecule has 0 aromatic heterocycles. The highest BCUT2D eigenvalue weighted by Crippen LogP contribution is 2.17. The number of ketones is 1. The lowest BCUT2D eigenvalue weighted by Gasteiger charge is -2.12. The quantitative estimate of drug-likeness (QED) is 0.508. The molecule has 0 amide bonds. The van der Waals surface area contributed by atoms with Gasteiger partial charge in [-0.05, 0) is 19.8 Å². The minimum Gasteiger partial charge on any atom is -0.515 e. The van der Waals surface area contributed by atoms with E-state index >= 15 is 0 Å². The molecule has 0 aliphatic carbocycles. The van der Waals surface area contributed by atoms with Crippen LogP contribution in [0.5, 0.6) is 0 Å². The third kappa shape index (κ3) is 4.11. The van der Waals surface area contributed by atoms with Crippen LogP contribution in [0.15, 0.2) is 11.8 Å². The van der Waals surface area contributed by atoms with Crippen molar-refractivity contribution in [3.05, 3.63) is 11.8 Å². The smallest absolute Gasteiger partial charge is 0.164 e. The molecule has 2 heteroatoms. The van der Waals surface area contributed by atoms with Crippen molar-refractivity contribution in [2.45, 2.75) is 46.5 Å². The van der Waals surface area contributed by atoms with Gasteiger partial charge >= 0.3 is 0 Å². The highest BCUT2D eigenvalue weighted by Gasteiger charge is 2.16. The molecule has 0 aliphatic heterocycles. The summed E-state index contributed by atoms with van der Waals surface area (Å²) >= 11 is 0. The number of carbonyl (C=O) groups is 1. The number of unbranched alkanes of at least 4 members (excludes halogenated alkanes) is 1. The van der Waals surface area contributed by atoms with Gasteiger partial charge in [0.15, 0.2) is 5.78 Å². The number of aliphatic hydroxyl groups is 1. The summed E-state index contributed by atoms with van der Waals surface area (Å²) in [4.78, 5) is 11.6. The van der Waals surface area contributed by atoms with E-state index in [1.165, 1.54) is 0 Å². The van der Waals surface area contributed by atoms with Crippen LogP contribution < -0.4 is 0 Å². The molecule has 1 atom stereocenters. The first-order valence-corrected chi connectivity index (χ1v) is 5.02. The summed E-state index contributed by atoms with van der Waals surface area (Å²) in [5.74, 6) is 0.196. The van der Waals surface area contributed by atoms with Gasteiger partial charge in [0.05, 0.1) is 6.26 Å².